The summed E-state index contributed by atoms with van der Waals surface area (Å²) in [5, 5.41) is 1.93. The predicted octanol–water partition coefficient (Wildman–Crippen LogP) is 9.95. The summed E-state index contributed by atoms with van der Waals surface area (Å²) in [5.41, 5.74) is 7.96. The molecule has 6 aromatic rings. The number of hydrogen-bond donors (Lipinski definition) is 0. The molecule has 1 aliphatic heterocycles. The van der Waals surface area contributed by atoms with Crippen LogP contribution in [0.1, 0.15) is 47.2 Å². The van der Waals surface area contributed by atoms with Gasteiger partial charge in [-0.1, -0.05) is 92.4 Å². The summed E-state index contributed by atoms with van der Waals surface area (Å²) in [6.07, 6.45) is 2.20. The second-order valence-corrected chi connectivity index (χ2v) is 13.3. The van der Waals surface area contributed by atoms with Crippen molar-refractivity contribution in [3.8, 4) is 51.7 Å². The van der Waals surface area contributed by atoms with Crippen LogP contribution < -0.4 is 23.7 Å². The summed E-state index contributed by atoms with van der Waals surface area (Å²) in [7, 11) is 6.69. The van der Waals surface area contributed by atoms with Crippen molar-refractivity contribution in [3.05, 3.63) is 155 Å². The molecule has 0 unspecified atom stereocenters. The van der Waals surface area contributed by atoms with Gasteiger partial charge < -0.3 is 23.7 Å². The first-order chi connectivity index (χ1) is 24.8. The molecule has 0 saturated heterocycles. The van der Waals surface area contributed by atoms with Crippen molar-refractivity contribution in [2.45, 2.75) is 24.9 Å². The normalized spacial score (nSPS) is 14.5. The third-order valence-corrected chi connectivity index (χ3v) is 10.3. The van der Waals surface area contributed by atoms with Gasteiger partial charge in [0.2, 0.25) is 0 Å². The van der Waals surface area contributed by atoms with Gasteiger partial charge in [0.15, 0.2) is 17.1 Å². The van der Waals surface area contributed by atoms with E-state index in [1.807, 2.05) is 60.7 Å². The highest BCUT2D eigenvalue weighted by Crippen LogP contribution is 2.60. The van der Waals surface area contributed by atoms with Gasteiger partial charge in [-0.05, 0) is 82.2 Å². The third kappa shape index (κ3) is 5.02. The zero-order chi connectivity index (χ0) is 35.3. The Morgan fingerprint density at radius 2 is 1.14 bits per heavy atom. The molecule has 0 N–H and O–H groups in total. The molecule has 8 rings (SSSR count). The van der Waals surface area contributed by atoms with E-state index in [9.17, 15) is 0 Å². The van der Waals surface area contributed by atoms with Crippen molar-refractivity contribution >= 4 is 16.3 Å². The zero-order valence-corrected chi connectivity index (χ0v) is 29.6. The van der Waals surface area contributed by atoms with E-state index in [1.54, 1.807) is 28.4 Å². The number of ether oxygens (including phenoxy) is 5. The monoisotopic (exact) mass is 670 g/mol. The highest BCUT2D eigenvalue weighted by molar-refractivity contribution is 6.11. The first-order valence-corrected chi connectivity index (χ1v) is 17.0. The van der Waals surface area contributed by atoms with Gasteiger partial charge in [0.1, 0.15) is 17.2 Å². The number of hydrogen-bond acceptors (Lipinski definition) is 5. The van der Waals surface area contributed by atoms with E-state index in [1.165, 1.54) is 16.7 Å². The third-order valence-electron chi connectivity index (χ3n) is 10.3. The second kappa shape index (κ2) is 12.3. The Balaban J connectivity index is 1.54. The van der Waals surface area contributed by atoms with Gasteiger partial charge in [-0.15, -0.1) is 0 Å². The maximum Gasteiger partial charge on any atom is 0.179 e. The van der Waals surface area contributed by atoms with Crippen LogP contribution in [0.15, 0.2) is 121 Å². The molecule has 0 fully saturated rings. The lowest BCUT2D eigenvalue weighted by molar-refractivity contribution is 0.162. The smallest absolute Gasteiger partial charge is 0.179 e. The van der Waals surface area contributed by atoms with E-state index in [4.69, 9.17) is 23.7 Å². The Morgan fingerprint density at radius 1 is 0.569 bits per heavy atom. The summed E-state index contributed by atoms with van der Waals surface area (Å²) in [6.45, 7) is 4.59. The molecule has 0 bridgehead atoms. The fourth-order valence-corrected chi connectivity index (χ4v) is 7.78. The molecule has 0 atom stereocenters. The molecular weight excluding hydrogens is 633 g/mol. The average Bonchev–Trinajstić information content (AvgIpc) is 3.43. The first kappa shape index (κ1) is 32.1. The molecule has 0 amide bonds. The summed E-state index contributed by atoms with van der Waals surface area (Å²) in [6, 6.07) is 39.0. The topological polar surface area (TPSA) is 46.2 Å². The Morgan fingerprint density at radius 3 is 1.73 bits per heavy atom. The van der Waals surface area contributed by atoms with Gasteiger partial charge in [0, 0.05) is 38.6 Å². The summed E-state index contributed by atoms with van der Waals surface area (Å²) in [5.74, 6) is 10.7. The molecule has 0 saturated carbocycles. The van der Waals surface area contributed by atoms with Crippen LogP contribution in [-0.4, -0.2) is 28.4 Å². The fourth-order valence-electron chi connectivity index (χ4n) is 7.78. The standard InChI is InChI=1S/C46H38O5/c1-45(2)38-15-11-10-14-35(38)42-36-26-39(49-5)40(50-6)27-37(36)44-41(43(42)45)30(17-16-29-12-8-7-9-13-29)28-46(51-44,31-18-22-33(47-3)23-19-31)32-20-24-34(48-4)25-21-32/h7-15,18-28H,1-6H3. The maximum atomic E-state index is 7.60. The molecule has 1 aliphatic carbocycles. The molecule has 0 radical (unpaired) electrons. The average molecular weight is 671 g/mol. The predicted molar refractivity (Wildman–Crippen MR) is 203 cm³/mol. The van der Waals surface area contributed by atoms with Crippen molar-refractivity contribution in [3.63, 3.8) is 0 Å². The lowest BCUT2D eigenvalue weighted by Gasteiger charge is -2.40. The number of allylic oxidation sites excluding steroid dienone is 1. The minimum atomic E-state index is -1.07. The molecule has 2 aliphatic rings. The van der Waals surface area contributed by atoms with Crippen molar-refractivity contribution in [2.75, 3.05) is 28.4 Å². The molecule has 5 heteroatoms. The van der Waals surface area contributed by atoms with Gasteiger partial charge in [0.05, 0.1) is 28.4 Å². The number of rotatable bonds is 6. The Labute approximate surface area is 299 Å². The lowest BCUT2D eigenvalue weighted by Crippen LogP contribution is -2.36. The molecule has 6 aromatic carbocycles. The number of benzene rings is 6. The van der Waals surface area contributed by atoms with Crippen LogP contribution in [0.5, 0.6) is 28.7 Å². The number of fused-ring (bicyclic) bond motifs is 8. The highest BCUT2D eigenvalue weighted by Gasteiger charge is 2.46. The van der Waals surface area contributed by atoms with Crippen LogP contribution >= 0.6 is 0 Å². The van der Waals surface area contributed by atoms with Crippen molar-refractivity contribution in [1.82, 2.24) is 0 Å². The SMILES string of the molecule is COc1ccc(C2(c3ccc(OC)cc3)C=C(C#Cc3ccccc3)c3c4c(c5cc(OC)c(OC)cc5c3O2)-c2ccccc2C4(C)C)cc1. The first-order valence-electron chi connectivity index (χ1n) is 17.0. The van der Waals surface area contributed by atoms with E-state index in [2.05, 4.69) is 86.4 Å². The van der Waals surface area contributed by atoms with Crippen LogP contribution in [-0.2, 0) is 11.0 Å². The van der Waals surface area contributed by atoms with Crippen molar-refractivity contribution < 1.29 is 23.7 Å². The van der Waals surface area contributed by atoms with Crippen LogP contribution in [0.2, 0.25) is 0 Å². The fraction of sp³-hybridized carbons (Fsp3) is 0.174. The summed E-state index contributed by atoms with van der Waals surface area (Å²) in [4.78, 5) is 0. The molecule has 252 valence electrons. The van der Waals surface area contributed by atoms with Gasteiger partial charge in [-0.3, -0.25) is 0 Å². The van der Waals surface area contributed by atoms with E-state index in [-0.39, 0.29) is 5.41 Å². The molecule has 0 spiro atoms. The summed E-state index contributed by atoms with van der Waals surface area (Å²) >= 11 is 0. The van der Waals surface area contributed by atoms with Crippen LogP contribution in [0, 0.1) is 11.8 Å². The largest absolute Gasteiger partial charge is 0.497 e. The van der Waals surface area contributed by atoms with E-state index < -0.39 is 5.60 Å². The summed E-state index contributed by atoms with van der Waals surface area (Å²) < 4.78 is 30.6. The lowest BCUT2D eigenvalue weighted by atomic mass is 9.74. The van der Waals surface area contributed by atoms with E-state index >= 15 is 0 Å². The van der Waals surface area contributed by atoms with Crippen LogP contribution in [0.25, 0.3) is 27.5 Å². The molecule has 51 heavy (non-hydrogen) atoms. The second-order valence-electron chi connectivity index (χ2n) is 13.3. The highest BCUT2D eigenvalue weighted by atomic mass is 16.5. The van der Waals surface area contributed by atoms with Gasteiger partial charge >= 0.3 is 0 Å². The minimum Gasteiger partial charge on any atom is -0.497 e. The minimum absolute atomic E-state index is 0.367. The zero-order valence-electron chi connectivity index (χ0n) is 29.6. The Hall–Kier alpha value is -6.12. The van der Waals surface area contributed by atoms with E-state index in [0.29, 0.717) is 11.5 Å². The van der Waals surface area contributed by atoms with Crippen molar-refractivity contribution in [2.24, 2.45) is 0 Å². The van der Waals surface area contributed by atoms with Gasteiger partial charge in [-0.25, -0.2) is 0 Å². The Kier molecular flexibility index (Phi) is 7.76. The van der Waals surface area contributed by atoms with Crippen LogP contribution in [0.3, 0.4) is 0 Å². The Bertz CT molecular complexity index is 2340. The number of methoxy groups -OCH3 is 4. The van der Waals surface area contributed by atoms with Crippen molar-refractivity contribution in [1.29, 1.82) is 0 Å². The van der Waals surface area contributed by atoms with Gasteiger partial charge in [0.25, 0.3) is 0 Å². The molecule has 0 aromatic heterocycles. The quantitative estimate of drug-likeness (QED) is 0.165. The van der Waals surface area contributed by atoms with Gasteiger partial charge in [-0.2, -0.15) is 0 Å². The van der Waals surface area contributed by atoms with Crippen LogP contribution in [0.4, 0.5) is 0 Å². The maximum absolute atomic E-state index is 7.60. The molecular formula is C46H38O5. The van der Waals surface area contributed by atoms with E-state index in [0.717, 1.165) is 61.4 Å². The molecule has 1 heterocycles. The molecule has 5 nitrogen and oxygen atoms in total.